The maximum absolute atomic E-state index is 12.4. The number of Topliss-reactive ketones (excluding diaryl/α,β-unsaturated/α-hetero) is 1. The number of amides is 1. The third-order valence-corrected chi connectivity index (χ3v) is 5.56. The SMILES string of the molecule is CCCc1ccc(C(=O)CCC(=O)NCc2c(C)nn(Cc3ccccc3)c2C)cc1. The molecule has 0 saturated heterocycles. The van der Waals surface area contributed by atoms with Crippen LogP contribution in [0.3, 0.4) is 0 Å². The molecule has 0 saturated carbocycles. The Morgan fingerprint density at radius 3 is 2.32 bits per heavy atom. The Labute approximate surface area is 184 Å². The number of carbonyl (C=O) groups excluding carboxylic acids is 2. The van der Waals surface area contributed by atoms with Crippen LogP contribution in [0, 0.1) is 13.8 Å². The minimum absolute atomic E-state index is 0.00115. The maximum atomic E-state index is 12.4. The summed E-state index contributed by atoms with van der Waals surface area (Å²) in [4.78, 5) is 24.7. The highest BCUT2D eigenvalue weighted by molar-refractivity contribution is 5.97. The quantitative estimate of drug-likeness (QED) is 0.483. The molecule has 0 aliphatic heterocycles. The van der Waals surface area contributed by atoms with Crippen LogP contribution < -0.4 is 5.32 Å². The molecule has 5 heteroatoms. The molecule has 0 atom stereocenters. The monoisotopic (exact) mass is 417 g/mol. The number of nitrogens with one attached hydrogen (secondary N) is 1. The van der Waals surface area contributed by atoms with Gasteiger partial charge in [-0.15, -0.1) is 0 Å². The van der Waals surface area contributed by atoms with E-state index in [1.165, 1.54) is 11.1 Å². The van der Waals surface area contributed by atoms with E-state index in [0.717, 1.165) is 29.8 Å². The molecule has 1 N–H and O–H groups in total. The lowest BCUT2D eigenvalue weighted by molar-refractivity contribution is -0.121. The van der Waals surface area contributed by atoms with Crippen molar-refractivity contribution in [1.82, 2.24) is 15.1 Å². The number of rotatable bonds is 10. The van der Waals surface area contributed by atoms with Crippen molar-refractivity contribution in [1.29, 1.82) is 0 Å². The number of aromatic nitrogens is 2. The van der Waals surface area contributed by atoms with E-state index >= 15 is 0 Å². The second kappa shape index (κ2) is 10.7. The number of benzene rings is 2. The molecule has 1 heterocycles. The molecule has 5 nitrogen and oxygen atoms in total. The minimum Gasteiger partial charge on any atom is -0.352 e. The fourth-order valence-electron chi connectivity index (χ4n) is 3.69. The number of hydrogen-bond acceptors (Lipinski definition) is 3. The minimum atomic E-state index is -0.120. The van der Waals surface area contributed by atoms with Gasteiger partial charge in [-0.2, -0.15) is 5.10 Å². The molecule has 3 rings (SSSR count). The predicted octanol–water partition coefficient (Wildman–Crippen LogP) is 4.78. The van der Waals surface area contributed by atoms with Gasteiger partial charge in [-0.25, -0.2) is 0 Å². The topological polar surface area (TPSA) is 64.0 Å². The molecule has 1 amide bonds. The summed E-state index contributed by atoms with van der Waals surface area (Å²) in [5.41, 5.74) is 6.07. The summed E-state index contributed by atoms with van der Waals surface area (Å²) in [6.07, 6.45) is 2.49. The van der Waals surface area contributed by atoms with Crippen LogP contribution in [0.1, 0.15) is 64.6 Å². The lowest BCUT2D eigenvalue weighted by atomic mass is 10.0. The second-order valence-corrected chi connectivity index (χ2v) is 7.94. The molecule has 0 radical (unpaired) electrons. The molecule has 0 spiro atoms. The van der Waals surface area contributed by atoms with Crippen molar-refractivity contribution < 1.29 is 9.59 Å². The summed E-state index contributed by atoms with van der Waals surface area (Å²) in [6, 6.07) is 17.9. The first-order chi connectivity index (χ1) is 15.0. The Hall–Kier alpha value is -3.21. The van der Waals surface area contributed by atoms with Gasteiger partial charge in [-0.3, -0.25) is 14.3 Å². The first-order valence-corrected chi connectivity index (χ1v) is 10.9. The lowest BCUT2D eigenvalue weighted by Gasteiger charge is -2.08. The standard InChI is InChI=1S/C26H31N3O2/c1-4-8-21-11-13-23(14-12-21)25(30)15-16-26(31)27-17-24-19(2)28-29(20(24)3)18-22-9-6-5-7-10-22/h5-7,9-14H,4,8,15-18H2,1-3H3,(H,27,31). The van der Waals surface area contributed by atoms with Gasteiger partial charge in [0, 0.05) is 36.2 Å². The summed E-state index contributed by atoms with van der Waals surface area (Å²) >= 11 is 0. The van der Waals surface area contributed by atoms with Crippen LogP contribution in [0.4, 0.5) is 0 Å². The van der Waals surface area contributed by atoms with Crippen molar-refractivity contribution in [3.63, 3.8) is 0 Å². The molecule has 3 aromatic rings. The zero-order valence-electron chi connectivity index (χ0n) is 18.6. The van der Waals surface area contributed by atoms with E-state index in [2.05, 4.69) is 29.5 Å². The van der Waals surface area contributed by atoms with E-state index in [-0.39, 0.29) is 24.5 Å². The van der Waals surface area contributed by atoms with Crippen molar-refractivity contribution in [2.24, 2.45) is 0 Å². The molecule has 31 heavy (non-hydrogen) atoms. The number of nitrogens with zero attached hydrogens (tertiary/aromatic N) is 2. The van der Waals surface area contributed by atoms with E-state index in [4.69, 9.17) is 0 Å². The van der Waals surface area contributed by atoms with E-state index < -0.39 is 0 Å². The van der Waals surface area contributed by atoms with Crippen molar-refractivity contribution in [3.05, 3.63) is 88.2 Å². The number of ketones is 1. The van der Waals surface area contributed by atoms with Gasteiger partial charge in [-0.1, -0.05) is 67.9 Å². The fraction of sp³-hybridized carbons (Fsp3) is 0.346. The highest BCUT2D eigenvalue weighted by Crippen LogP contribution is 2.15. The molecular formula is C26H31N3O2. The first-order valence-electron chi connectivity index (χ1n) is 10.9. The van der Waals surface area contributed by atoms with Crippen molar-refractivity contribution in [2.45, 2.75) is 59.5 Å². The predicted molar refractivity (Wildman–Crippen MR) is 123 cm³/mol. The van der Waals surface area contributed by atoms with Gasteiger partial charge in [0.1, 0.15) is 0 Å². The molecule has 0 bridgehead atoms. The van der Waals surface area contributed by atoms with Crippen LogP contribution in [0.15, 0.2) is 54.6 Å². The maximum Gasteiger partial charge on any atom is 0.220 e. The average molecular weight is 418 g/mol. The highest BCUT2D eigenvalue weighted by Gasteiger charge is 2.14. The Balaban J connectivity index is 1.51. The van der Waals surface area contributed by atoms with Gasteiger partial charge >= 0.3 is 0 Å². The van der Waals surface area contributed by atoms with Crippen LogP contribution >= 0.6 is 0 Å². The van der Waals surface area contributed by atoms with Gasteiger partial charge in [0.05, 0.1) is 12.2 Å². The van der Waals surface area contributed by atoms with Gasteiger partial charge in [0.15, 0.2) is 5.78 Å². The van der Waals surface area contributed by atoms with Crippen molar-refractivity contribution in [2.75, 3.05) is 0 Å². The van der Waals surface area contributed by atoms with Crippen LogP contribution in [-0.2, 0) is 24.3 Å². The summed E-state index contributed by atoms with van der Waals surface area (Å²) in [6.45, 7) is 7.24. The highest BCUT2D eigenvalue weighted by atomic mass is 16.2. The second-order valence-electron chi connectivity index (χ2n) is 7.94. The molecule has 0 fully saturated rings. The molecular weight excluding hydrogens is 386 g/mol. The molecule has 0 aliphatic carbocycles. The van der Waals surface area contributed by atoms with Crippen LogP contribution in [-0.4, -0.2) is 21.5 Å². The van der Waals surface area contributed by atoms with E-state index in [1.807, 2.05) is 61.0 Å². The Bertz CT molecular complexity index is 1020. The lowest BCUT2D eigenvalue weighted by Crippen LogP contribution is -2.24. The Kier molecular flexibility index (Phi) is 7.76. The summed E-state index contributed by atoms with van der Waals surface area (Å²) in [7, 11) is 0. The zero-order valence-corrected chi connectivity index (χ0v) is 18.6. The van der Waals surface area contributed by atoms with E-state index in [9.17, 15) is 9.59 Å². The summed E-state index contributed by atoms with van der Waals surface area (Å²) in [5.74, 6) is -0.119. The zero-order chi connectivity index (χ0) is 22.2. The molecule has 0 aliphatic rings. The summed E-state index contributed by atoms with van der Waals surface area (Å²) < 4.78 is 1.97. The van der Waals surface area contributed by atoms with Crippen LogP contribution in [0.25, 0.3) is 0 Å². The van der Waals surface area contributed by atoms with Gasteiger partial charge in [0.2, 0.25) is 5.91 Å². The third-order valence-electron chi connectivity index (χ3n) is 5.56. The Morgan fingerprint density at radius 2 is 1.65 bits per heavy atom. The fourth-order valence-corrected chi connectivity index (χ4v) is 3.69. The largest absolute Gasteiger partial charge is 0.352 e. The molecule has 0 unspecified atom stereocenters. The third kappa shape index (κ3) is 6.14. The smallest absolute Gasteiger partial charge is 0.220 e. The average Bonchev–Trinajstić information content (AvgIpc) is 3.04. The first kappa shape index (κ1) is 22.5. The molecule has 2 aromatic carbocycles. The number of carbonyl (C=O) groups is 2. The summed E-state index contributed by atoms with van der Waals surface area (Å²) in [5, 5.41) is 7.57. The van der Waals surface area contributed by atoms with Gasteiger partial charge < -0.3 is 5.32 Å². The van der Waals surface area contributed by atoms with E-state index in [1.54, 1.807) is 0 Å². The van der Waals surface area contributed by atoms with Gasteiger partial charge in [-0.05, 0) is 31.4 Å². The molecule has 1 aromatic heterocycles. The van der Waals surface area contributed by atoms with Crippen molar-refractivity contribution in [3.8, 4) is 0 Å². The van der Waals surface area contributed by atoms with Crippen molar-refractivity contribution >= 4 is 11.7 Å². The normalized spacial score (nSPS) is 10.8. The van der Waals surface area contributed by atoms with Crippen LogP contribution in [0.2, 0.25) is 0 Å². The van der Waals surface area contributed by atoms with E-state index in [0.29, 0.717) is 18.7 Å². The number of hydrogen-bond donors (Lipinski definition) is 1. The van der Waals surface area contributed by atoms with Crippen LogP contribution in [0.5, 0.6) is 0 Å². The Morgan fingerprint density at radius 1 is 0.935 bits per heavy atom. The molecule has 162 valence electrons. The van der Waals surface area contributed by atoms with Gasteiger partial charge in [0.25, 0.3) is 0 Å². The number of aryl methyl sites for hydroxylation is 2.